The van der Waals surface area contributed by atoms with Gasteiger partial charge in [-0.1, -0.05) is 30.3 Å². The fraction of sp³-hybridized carbons (Fsp3) is 0.429. The minimum atomic E-state index is -0.639. The van der Waals surface area contributed by atoms with E-state index in [0.717, 1.165) is 5.56 Å². The summed E-state index contributed by atoms with van der Waals surface area (Å²) in [7, 11) is -0.639. The van der Waals surface area contributed by atoms with Crippen molar-refractivity contribution in [3.8, 4) is 11.4 Å². The van der Waals surface area contributed by atoms with Crippen LogP contribution in [0.1, 0.15) is 27.7 Å². The maximum atomic E-state index is 5.87. The quantitative estimate of drug-likeness (QED) is 0.773. The van der Waals surface area contributed by atoms with Crippen LogP contribution in [0.15, 0.2) is 30.3 Å². The van der Waals surface area contributed by atoms with Crippen LogP contribution in [0.4, 0.5) is 0 Å². The molecule has 0 aliphatic carbocycles. The normalized spacial score (nSPS) is 19.7. The van der Waals surface area contributed by atoms with Crippen LogP contribution in [0.2, 0.25) is 0 Å². The molecule has 0 radical (unpaired) electrons. The lowest BCUT2D eigenvalue weighted by Crippen LogP contribution is -2.41. The number of hydrogen-bond donors (Lipinski definition) is 0. The Morgan fingerprint density at radius 2 is 1.33 bits per heavy atom. The molecule has 21 heavy (non-hydrogen) atoms. The molecule has 0 N–H and O–H groups in total. The van der Waals surface area contributed by atoms with E-state index >= 15 is 0 Å². The first-order valence-corrected chi connectivity index (χ1v) is 6.87. The van der Waals surface area contributed by atoms with Crippen LogP contribution in [0.5, 0.6) is 0 Å². The topological polar surface area (TPSA) is 70.0 Å². The summed E-state index contributed by atoms with van der Waals surface area (Å²) in [6, 6.07) is 9.59. The number of hydrogen-bond acceptors (Lipinski definition) is 6. The lowest BCUT2D eigenvalue weighted by molar-refractivity contribution is 0.00578. The first kappa shape index (κ1) is 14.1. The molecule has 0 unspecified atom stereocenters. The molecule has 0 spiro atoms. The summed E-state index contributed by atoms with van der Waals surface area (Å²) in [5.41, 5.74) is 0.351. The van der Waals surface area contributed by atoms with Gasteiger partial charge in [0, 0.05) is 5.56 Å². The molecule has 1 saturated heterocycles. The second-order valence-electron chi connectivity index (χ2n) is 6.04. The lowest BCUT2D eigenvalue weighted by atomic mass is 9.89. The second-order valence-corrected chi connectivity index (χ2v) is 6.04. The predicted molar refractivity (Wildman–Crippen MR) is 78.8 cm³/mol. The standard InChI is InChI=1S/C14H17BN4O2/c1-13(2)14(3,4)21-15(20-13)12-18-16-11(17-19-12)10-8-6-5-7-9-10/h5-9H,1-4H3. The van der Waals surface area contributed by atoms with Crippen LogP contribution in [-0.2, 0) is 9.31 Å². The number of aromatic nitrogens is 4. The first-order valence-electron chi connectivity index (χ1n) is 6.87. The smallest absolute Gasteiger partial charge is 0.397 e. The molecule has 2 heterocycles. The highest BCUT2D eigenvalue weighted by Gasteiger charge is 2.53. The Morgan fingerprint density at radius 3 is 1.86 bits per heavy atom. The SMILES string of the molecule is CC1(C)OB(c2nnc(-c3ccccc3)nn2)OC1(C)C. The summed E-state index contributed by atoms with van der Waals surface area (Å²) in [5, 5.41) is 16.4. The largest absolute Gasteiger partial charge is 0.539 e. The molecular formula is C14H17BN4O2. The molecule has 0 atom stereocenters. The van der Waals surface area contributed by atoms with Crippen LogP contribution in [-0.4, -0.2) is 38.7 Å². The Labute approximate surface area is 124 Å². The number of nitrogens with zero attached hydrogens (tertiary/aromatic N) is 4. The Kier molecular flexibility index (Phi) is 3.26. The molecule has 6 nitrogen and oxygen atoms in total. The van der Waals surface area contributed by atoms with Gasteiger partial charge in [-0.05, 0) is 27.7 Å². The van der Waals surface area contributed by atoms with E-state index in [1.807, 2.05) is 58.0 Å². The van der Waals surface area contributed by atoms with Gasteiger partial charge in [-0.3, -0.25) is 0 Å². The van der Waals surface area contributed by atoms with E-state index in [1.54, 1.807) is 0 Å². The molecule has 108 valence electrons. The van der Waals surface area contributed by atoms with Gasteiger partial charge in [-0.25, -0.2) is 0 Å². The number of rotatable bonds is 2. The Bertz CT molecular complexity index is 615. The summed E-state index contributed by atoms with van der Waals surface area (Å²) < 4.78 is 11.7. The Balaban J connectivity index is 1.83. The minimum absolute atomic E-state index is 0.341. The van der Waals surface area contributed by atoms with Gasteiger partial charge in [-0.15, -0.1) is 20.4 Å². The first-order chi connectivity index (χ1) is 9.89. The van der Waals surface area contributed by atoms with Crippen molar-refractivity contribution in [1.29, 1.82) is 0 Å². The van der Waals surface area contributed by atoms with Crippen molar-refractivity contribution in [2.45, 2.75) is 38.9 Å². The van der Waals surface area contributed by atoms with Crippen molar-refractivity contribution in [3.63, 3.8) is 0 Å². The molecule has 1 aliphatic rings. The Morgan fingerprint density at radius 1 is 0.810 bits per heavy atom. The highest BCUT2D eigenvalue weighted by molar-refractivity contribution is 6.60. The van der Waals surface area contributed by atoms with Crippen molar-refractivity contribution in [2.75, 3.05) is 0 Å². The molecule has 3 rings (SSSR count). The van der Waals surface area contributed by atoms with Gasteiger partial charge < -0.3 is 9.31 Å². The van der Waals surface area contributed by atoms with Crippen LogP contribution in [0, 0.1) is 0 Å². The van der Waals surface area contributed by atoms with Crippen molar-refractivity contribution >= 4 is 12.8 Å². The van der Waals surface area contributed by atoms with Crippen LogP contribution in [0.25, 0.3) is 11.4 Å². The van der Waals surface area contributed by atoms with Gasteiger partial charge in [0.05, 0.1) is 11.2 Å². The van der Waals surface area contributed by atoms with Crippen molar-refractivity contribution < 1.29 is 9.31 Å². The molecule has 1 fully saturated rings. The monoisotopic (exact) mass is 284 g/mol. The number of benzene rings is 1. The average Bonchev–Trinajstić information content (AvgIpc) is 2.69. The van der Waals surface area contributed by atoms with E-state index in [2.05, 4.69) is 20.4 Å². The van der Waals surface area contributed by atoms with E-state index in [9.17, 15) is 0 Å². The van der Waals surface area contributed by atoms with Gasteiger partial charge in [0.2, 0.25) is 11.5 Å². The van der Waals surface area contributed by atoms with E-state index in [4.69, 9.17) is 9.31 Å². The molecule has 7 heteroatoms. The van der Waals surface area contributed by atoms with Crippen LogP contribution >= 0.6 is 0 Å². The zero-order valence-electron chi connectivity index (χ0n) is 12.6. The zero-order valence-corrected chi connectivity index (χ0v) is 12.6. The van der Waals surface area contributed by atoms with Gasteiger partial charge in [0.15, 0.2) is 0 Å². The lowest BCUT2D eigenvalue weighted by Gasteiger charge is -2.32. The fourth-order valence-electron chi connectivity index (χ4n) is 1.98. The maximum absolute atomic E-state index is 5.87. The minimum Gasteiger partial charge on any atom is -0.397 e. The third-order valence-electron chi connectivity index (χ3n) is 3.99. The van der Waals surface area contributed by atoms with Crippen molar-refractivity contribution in [2.24, 2.45) is 0 Å². The summed E-state index contributed by atoms with van der Waals surface area (Å²) in [6.07, 6.45) is 0. The third kappa shape index (κ3) is 2.54. The highest BCUT2D eigenvalue weighted by atomic mass is 16.7. The molecule has 1 aliphatic heterocycles. The maximum Gasteiger partial charge on any atom is 0.539 e. The molecular weight excluding hydrogens is 267 g/mol. The summed E-state index contributed by atoms with van der Waals surface area (Å²) in [4.78, 5) is 0. The molecule has 1 aromatic carbocycles. The van der Waals surface area contributed by atoms with E-state index in [-0.39, 0.29) is 0 Å². The summed E-state index contributed by atoms with van der Waals surface area (Å²) >= 11 is 0. The highest BCUT2D eigenvalue weighted by Crippen LogP contribution is 2.36. The van der Waals surface area contributed by atoms with E-state index in [0.29, 0.717) is 11.5 Å². The van der Waals surface area contributed by atoms with Crippen molar-refractivity contribution in [3.05, 3.63) is 30.3 Å². The van der Waals surface area contributed by atoms with Gasteiger partial charge in [0.1, 0.15) is 0 Å². The van der Waals surface area contributed by atoms with Gasteiger partial charge in [0.25, 0.3) is 0 Å². The van der Waals surface area contributed by atoms with Gasteiger partial charge in [-0.2, -0.15) is 0 Å². The van der Waals surface area contributed by atoms with Gasteiger partial charge >= 0.3 is 7.12 Å². The van der Waals surface area contributed by atoms with Crippen LogP contribution in [0.3, 0.4) is 0 Å². The second kappa shape index (κ2) is 4.86. The fourth-order valence-corrected chi connectivity index (χ4v) is 1.98. The summed E-state index contributed by atoms with van der Waals surface area (Å²) in [5.74, 6) is 0.482. The molecule has 0 saturated carbocycles. The van der Waals surface area contributed by atoms with E-state index < -0.39 is 18.3 Å². The predicted octanol–water partition coefficient (Wildman–Crippen LogP) is 1.23. The summed E-state index contributed by atoms with van der Waals surface area (Å²) in [6.45, 7) is 7.91. The third-order valence-corrected chi connectivity index (χ3v) is 3.99. The zero-order chi connectivity index (χ0) is 15.1. The molecule has 2 aromatic rings. The Hall–Kier alpha value is -1.86. The molecule has 0 bridgehead atoms. The van der Waals surface area contributed by atoms with Crippen molar-refractivity contribution in [1.82, 2.24) is 20.4 Å². The average molecular weight is 284 g/mol. The molecule has 0 amide bonds. The molecule has 1 aromatic heterocycles. The van der Waals surface area contributed by atoms with E-state index in [1.165, 1.54) is 0 Å². The van der Waals surface area contributed by atoms with Crippen LogP contribution < -0.4 is 5.72 Å².